The largest absolute Gasteiger partial charge is 0.465 e. The molecule has 0 bridgehead atoms. The average Bonchev–Trinajstić information content (AvgIpc) is 2.98. The van der Waals surface area contributed by atoms with Gasteiger partial charge in [-0.25, -0.2) is 9.78 Å². The minimum atomic E-state index is -0.513. The molecule has 0 saturated carbocycles. The van der Waals surface area contributed by atoms with E-state index in [4.69, 9.17) is 21.6 Å². The van der Waals surface area contributed by atoms with Crippen LogP contribution in [-0.2, 0) is 4.74 Å². The van der Waals surface area contributed by atoms with E-state index in [1.165, 1.54) is 7.11 Å². The molecule has 0 aliphatic rings. The number of carbonyl (C=O) groups excluding carboxylic acids is 1. The SMILES string of the molecule is COC(=O)c1sc2nc(/C(Cl)=C/c3cccc(C#N)c3)[nH]c(=O)c2c1C. The quantitative estimate of drug-likeness (QED) is 0.693. The van der Waals surface area contributed by atoms with Crippen LogP contribution in [0.1, 0.15) is 32.2 Å². The van der Waals surface area contributed by atoms with Crippen LogP contribution in [0.3, 0.4) is 0 Å². The highest BCUT2D eigenvalue weighted by Gasteiger charge is 2.20. The summed E-state index contributed by atoms with van der Waals surface area (Å²) in [6.45, 7) is 1.67. The molecule has 1 N–H and O–H groups in total. The third kappa shape index (κ3) is 3.25. The molecule has 26 heavy (non-hydrogen) atoms. The highest BCUT2D eigenvalue weighted by molar-refractivity contribution is 7.20. The number of methoxy groups -OCH3 is 1. The summed E-state index contributed by atoms with van der Waals surface area (Å²) in [6.07, 6.45) is 1.61. The second-order valence-corrected chi connectivity index (χ2v) is 6.78. The van der Waals surface area contributed by atoms with Gasteiger partial charge in [0, 0.05) is 0 Å². The van der Waals surface area contributed by atoms with E-state index in [1.807, 2.05) is 0 Å². The normalized spacial score (nSPS) is 11.4. The van der Waals surface area contributed by atoms with Crippen molar-refractivity contribution in [3.05, 3.63) is 62.0 Å². The number of hydrogen-bond donors (Lipinski definition) is 1. The maximum atomic E-state index is 12.4. The standard InChI is InChI=1S/C18H12ClN3O3S/c1-9-13-16(23)21-15(22-17(13)26-14(9)18(24)25-2)12(19)7-10-4-3-5-11(6-10)8-20/h3-7H,1-2H3,(H,21,22,23)/b12-7-. The van der Waals surface area contributed by atoms with E-state index < -0.39 is 5.97 Å². The van der Waals surface area contributed by atoms with Gasteiger partial charge in [-0.1, -0.05) is 23.7 Å². The number of fused-ring (bicyclic) bond motifs is 1. The Labute approximate surface area is 157 Å². The molecule has 0 saturated heterocycles. The number of nitrogens with zero attached hydrogens (tertiary/aromatic N) is 2. The number of carbonyl (C=O) groups is 1. The van der Waals surface area contributed by atoms with E-state index in [0.717, 1.165) is 11.3 Å². The van der Waals surface area contributed by atoms with Gasteiger partial charge in [0.2, 0.25) is 0 Å². The number of aromatic amines is 1. The summed E-state index contributed by atoms with van der Waals surface area (Å²) >= 11 is 7.38. The topological polar surface area (TPSA) is 95.8 Å². The molecule has 1 aromatic carbocycles. The summed E-state index contributed by atoms with van der Waals surface area (Å²) in [5, 5.41) is 9.52. The molecule has 0 atom stereocenters. The minimum Gasteiger partial charge on any atom is -0.465 e. The summed E-state index contributed by atoms with van der Waals surface area (Å²) in [4.78, 5) is 32.0. The fourth-order valence-electron chi connectivity index (χ4n) is 2.46. The number of rotatable bonds is 3. The van der Waals surface area contributed by atoms with Crippen molar-refractivity contribution < 1.29 is 9.53 Å². The molecule has 3 rings (SSSR count). The van der Waals surface area contributed by atoms with Gasteiger partial charge in [0.1, 0.15) is 9.71 Å². The van der Waals surface area contributed by atoms with Gasteiger partial charge in [0.15, 0.2) is 5.82 Å². The van der Waals surface area contributed by atoms with Crippen molar-refractivity contribution in [2.75, 3.05) is 7.11 Å². The van der Waals surface area contributed by atoms with Crippen molar-refractivity contribution in [1.82, 2.24) is 9.97 Å². The lowest BCUT2D eigenvalue weighted by atomic mass is 10.1. The summed E-state index contributed by atoms with van der Waals surface area (Å²) in [5.41, 5.74) is 1.34. The Morgan fingerprint density at radius 2 is 2.23 bits per heavy atom. The Kier molecular flexibility index (Phi) is 4.89. The number of thiophene rings is 1. The fraction of sp³-hybridized carbons (Fsp3) is 0.111. The van der Waals surface area contributed by atoms with E-state index in [9.17, 15) is 9.59 Å². The van der Waals surface area contributed by atoms with Crippen LogP contribution in [0.25, 0.3) is 21.3 Å². The second-order valence-electron chi connectivity index (χ2n) is 5.37. The van der Waals surface area contributed by atoms with E-state index in [2.05, 4.69) is 16.0 Å². The Morgan fingerprint density at radius 1 is 1.46 bits per heavy atom. The number of nitriles is 1. The monoisotopic (exact) mass is 385 g/mol. The molecule has 6 nitrogen and oxygen atoms in total. The number of nitrogens with one attached hydrogen (secondary N) is 1. The average molecular weight is 386 g/mol. The zero-order valence-electron chi connectivity index (χ0n) is 13.8. The summed E-state index contributed by atoms with van der Waals surface area (Å²) in [7, 11) is 1.28. The van der Waals surface area contributed by atoms with Gasteiger partial charge in [-0.05, 0) is 36.3 Å². The van der Waals surface area contributed by atoms with Crippen molar-refractivity contribution in [3.8, 4) is 6.07 Å². The lowest BCUT2D eigenvalue weighted by Crippen LogP contribution is -2.10. The van der Waals surface area contributed by atoms with E-state index in [1.54, 1.807) is 37.3 Å². The van der Waals surface area contributed by atoms with E-state index in [-0.39, 0.29) is 16.4 Å². The summed E-state index contributed by atoms with van der Waals surface area (Å²) in [6, 6.07) is 8.92. The summed E-state index contributed by atoms with van der Waals surface area (Å²) in [5.74, 6) is -0.328. The Morgan fingerprint density at radius 3 is 2.92 bits per heavy atom. The first-order valence-electron chi connectivity index (χ1n) is 7.44. The predicted octanol–water partition coefficient (Wildman–Crippen LogP) is 3.69. The molecule has 0 fully saturated rings. The van der Waals surface area contributed by atoms with Crippen LogP contribution in [0.2, 0.25) is 0 Å². The number of ether oxygens (including phenoxy) is 1. The maximum Gasteiger partial charge on any atom is 0.348 e. The van der Waals surface area contributed by atoms with Gasteiger partial charge in [-0.2, -0.15) is 5.26 Å². The number of esters is 1. The molecule has 2 heterocycles. The highest BCUT2D eigenvalue weighted by Crippen LogP contribution is 2.29. The molecule has 0 radical (unpaired) electrons. The first kappa shape index (κ1) is 17.9. The molecule has 8 heteroatoms. The third-order valence-electron chi connectivity index (χ3n) is 3.71. The van der Waals surface area contributed by atoms with Crippen LogP contribution in [0.4, 0.5) is 0 Å². The molecule has 2 aromatic heterocycles. The van der Waals surface area contributed by atoms with E-state index >= 15 is 0 Å². The van der Waals surface area contributed by atoms with Crippen molar-refractivity contribution in [2.24, 2.45) is 0 Å². The number of aromatic nitrogens is 2. The molecule has 0 unspecified atom stereocenters. The van der Waals surface area contributed by atoms with Crippen molar-refractivity contribution in [1.29, 1.82) is 5.26 Å². The Hall–Kier alpha value is -2.95. The van der Waals surface area contributed by atoms with Crippen LogP contribution in [0.5, 0.6) is 0 Å². The van der Waals surface area contributed by atoms with Gasteiger partial charge in [0.05, 0.1) is 29.2 Å². The third-order valence-corrected chi connectivity index (χ3v) is 5.16. The zero-order chi connectivity index (χ0) is 18.8. The van der Waals surface area contributed by atoms with Crippen molar-refractivity contribution in [2.45, 2.75) is 6.92 Å². The number of hydrogen-bond acceptors (Lipinski definition) is 6. The Bertz CT molecular complexity index is 1150. The molecular formula is C18H12ClN3O3S. The lowest BCUT2D eigenvalue weighted by Gasteiger charge is -2.01. The maximum absolute atomic E-state index is 12.4. The smallest absolute Gasteiger partial charge is 0.348 e. The molecule has 0 aliphatic heterocycles. The Balaban J connectivity index is 2.11. The summed E-state index contributed by atoms with van der Waals surface area (Å²) < 4.78 is 4.73. The number of halogens is 1. The molecular weight excluding hydrogens is 374 g/mol. The number of aryl methyl sites for hydroxylation is 1. The first-order valence-corrected chi connectivity index (χ1v) is 8.63. The van der Waals surface area contributed by atoms with Crippen molar-refractivity contribution >= 4 is 50.2 Å². The fourth-order valence-corrected chi connectivity index (χ4v) is 3.77. The van der Waals surface area contributed by atoms with Gasteiger partial charge in [0.25, 0.3) is 5.56 Å². The van der Waals surface area contributed by atoms with Gasteiger partial charge >= 0.3 is 5.97 Å². The van der Waals surface area contributed by atoms with Gasteiger partial charge in [-0.3, -0.25) is 4.79 Å². The van der Waals surface area contributed by atoms with Crippen LogP contribution < -0.4 is 5.56 Å². The molecule has 130 valence electrons. The molecule has 0 amide bonds. The van der Waals surface area contributed by atoms with Crippen LogP contribution >= 0.6 is 22.9 Å². The molecule has 0 spiro atoms. The lowest BCUT2D eigenvalue weighted by molar-refractivity contribution is 0.0605. The molecule has 0 aliphatic carbocycles. The first-order chi connectivity index (χ1) is 12.4. The van der Waals surface area contributed by atoms with Crippen molar-refractivity contribution in [3.63, 3.8) is 0 Å². The van der Waals surface area contributed by atoms with Crippen LogP contribution in [0.15, 0.2) is 29.1 Å². The predicted molar refractivity (Wildman–Crippen MR) is 101 cm³/mol. The highest BCUT2D eigenvalue weighted by atomic mass is 35.5. The van der Waals surface area contributed by atoms with Crippen LogP contribution in [-0.4, -0.2) is 23.0 Å². The minimum absolute atomic E-state index is 0.184. The molecule has 3 aromatic rings. The second kappa shape index (κ2) is 7.12. The van der Waals surface area contributed by atoms with Gasteiger partial charge in [-0.15, -0.1) is 11.3 Å². The number of H-pyrrole nitrogens is 1. The van der Waals surface area contributed by atoms with Crippen LogP contribution in [0, 0.1) is 18.3 Å². The van der Waals surface area contributed by atoms with Gasteiger partial charge < -0.3 is 9.72 Å². The van der Waals surface area contributed by atoms with E-state index in [0.29, 0.717) is 31.8 Å². The number of benzene rings is 1. The zero-order valence-corrected chi connectivity index (χ0v) is 15.4.